The first-order valence-electron chi connectivity index (χ1n) is 6.85. The number of nitrogens with one attached hydrogen (secondary N) is 1. The SMILES string of the molecule is CCCNC1CC(c2cnn(CC)c2)C1(C)C. The van der Waals surface area contributed by atoms with Crippen molar-refractivity contribution in [3.8, 4) is 0 Å². The predicted molar refractivity (Wildman–Crippen MR) is 71.1 cm³/mol. The third kappa shape index (κ3) is 2.25. The molecule has 2 unspecified atom stereocenters. The highest BCUT2D eigenvalue weighted by Gasteiger charge is 2.48. The van der Waals surface area contributed by atoms with E-state index in [1.807, 2.05) is 10.9 Å². The van der Waals surface area contributed by atoms with E-state index in [2.05, 4.69) is 44.3 Å². The van der Waals surface area contributed by atoms with Crippen molar-refractivity contribution in [2.45, 2.75) is 59.0 Å². The summed E-state index contributed by atoms with van der Waals surface area (Å²) >= 11 is 0. The van der Waals surface area contributed by atoms with Crippen molar-refractivity contribution in [1.29, 1.82) is 0 Å². The normalized spacial score (nSPS) is 26.8. The fraction of sp³-hybridized carbons (Fsp3) is 0.786. The van der Waals surface area contributed by atoms with E-state index in [0.717, 1.165) is 13.1 Å². The number of nitrogens with zero attached hydrogens (tertiary/aromatic N) is 2. The van der Waals surface area contributed by atoms with Gasteiger partial charge in [-0.3, -0.25) is 4.68 Å². The fourth-order valence-corrected chi connectivity index (χ4v) is 2.89. The summed E-state index contributed by atoms with van der Waals surface area (Å²) in [5.74, 6) is 0.664. The molecule has 2 rings (SSSR count). The van der Waals surface area contributed by atoms with Crippen LogP contribution in [0.15, 0.2) is 12.4 Å². The van der Waals surface area contributed by atoms with Gasteiger partial charge < -0.3 is 5.32 Å². The van der Waals surface area contributed by atoms with Gasteiger partial charge in [0.2, 0.25) is 0 Å². The molecule has 96 valence electrons. The molecule has 1 aromatic heterocycles. The first kappa shape index (κ1) is 12.6. The van der Waals surface area contributed by atoms with Crippen LogP contribution in [0.3, 0.4) is 0 Å². The molecule has 1 aromatic rings. The Hall–Kier alpha value is -0.830. The summed E-state index contributed by atoms with van der Waals surface area (Å²) in [6.45, 7) is 11.2. The summed E-state index contributed by atoms with van der Waals surface area (Å²) in [5, 5.41) is 8.04. The Morgan fingerprint density at radius 2 is 2.24 bits per heavy atom. The second-order valence-corrected chi connectivity index (χ2v) is 5.75. The van der Waals surface area contributed by atoms with E-state index in [9.17, 15) is 0 Å². The van der Waals surface area contributed by atoms with E-state index < -0.39 is 0 Å². The zero-order chi connectivity index (χ0) is 12.5. The van der Waals surface area contributed by atoms with Gasteiger partial charge in [-0.15, -0.1) is 0 Å². The molecule has 0 saturated heterocycles. The first-order valence-corrected chi connectivity index (χ1v) is 6.85. The maximum absolute atomic E-state index is 4.39. The predicted octanol–water partition coefficient (Wildman–Crippen LogP) is 2.78. The van der Waals surface area contributed by atoms with Crippen LogP contribution in [0.2, 0.25) is 0 Å². The molecule has 1 N–H and O–H groups in total. The second kappa shape index (κ2) is 4.81. The van der Waals surface area contributed by atoms with E-state index in [0.29, 0.717) is 17.4 Å². The molecule has 0 spiro atoms. The molecular formula is C14H25N3. The zero-order valence-electron chi connectivity index (χ0n) is 11.5. The van der Waals surface area contributed by atoms with Gasteiger partial charge in [0.15, 0.2) is 0 Å². The van der Waals surface area contributed by atoms with E-state index in [-0.39, 0.29) is 0 Å². The van der Waals surface area contributed by atoms with Crippen LogP contribution in [0.5, 0.6) is 0 Å². The van der Waals surface area contributed by atoms with Crippen molar-refractivity contribution >= 4 is 0 Å². The van der Waals surface area contributed by atoms with Crippen LogP contribution in [-0.2, 0) is 6.54 Å². The lowest BCUT2D eigenvalue weighted by Gasteiger charge is -2.52. The van der Waals surface area contributed by atoms with Gasteiger partial charge in [0.1, 0.15) is 0 Å². The fourth-order valence-electron chi connectivity index (χ4n) is 2.89. The highest BCUT2D eigenvalue weighted by Crippen LogP contribution is 2.52. The van der Waals surface area contributed by atoms with Gasteiger partial charge in [-0.05, 0) is 43.2 Å². The molecule has 0 amide bonds. The molecule has 3 heteroatoms. The largest absolute Gasteiger partial charge is 0.313 e. The van der Waals surface area contributed by atoms with E-state index in [1.165, 1.54) is 18.4 Å². The van der Waals surface area contributed by atoms with E-state index in [1.54, 1.807) is 0 Å². The Morgan fingerprint density at radius 1 is 1.47 bits per heavy atom. The van der Waals surface area contributed by atoms with Crippen LogP contribution >= 0.6 is 0 Å². The topological polar surface area (TPSA) is 29.9 Å². The minimum absolute atomic E-state index is 0.358. The molecule has 1 aliphatic carbocycles. The van der Waals surface area contributed by atoms with Gasteiger partial charge in [0.05, 0.1) is 6.20 Å². The Bertz CT molecular complexity index is 367. The molecule has 2 atom stereocenters. The van der Waals surface area contributed by atoms with Crippen molar-refractivity contribution < 1.29 is 0 Å². The van der Waals surface area contributed by atoms with E-state index in [4.69, 9.17) is 0 Å². The van der Waals surface area contributed by atoms with Crippen LogP contribution in [0.25, 0.3) is 0 Å². The van der Waals surface area contributed by atoms with Gasteiger partial charge in [0.25, 0.3) is 0 Å². The zero-order valence-corrected chi connectivity index (χ0v) is 11.5. The van der Waals surface area contributed by atoms with E-state index >= 15 is 0 Å². The summed E-state index contributed by atoms with van der Waals surface area (Å²) in [5.41, 5.74) is 1.77. The van der Waals surface area contributed by atoms with Crippen LogP contribution in [0.4, 0.5) is 0 Å². The third-order valence-corrected chi connectivity index (χ3v) is 4.29. The van der Waals surface area contributed by atoms with Gasteiger partial charge in [-0.1, -0.05) is 20.8 Å². The smallest absolute Gasteiger partial charge is 0.0524 e. The van der Waals surface area contributed by atoms with Crippen molar-refractivity contribution in [2.24, 2.45) is 5.41 Å². The summed E-state index contributed by atoms with van der Waals surface area (Å²) < 4.78 is 2.03. The molecule has 1 heterocycles. The number of hydrogen-bond acceptors (Lipinski definition) is 2. The molecule has 1 fully saturated rings. The lowest BCUT2D eigenvalue weighted by Crippen LogP contribution is -2.55. The Labute approximate surface area is 105 Å². The summed E-state index contributed by atoms with van der Waals surface area (Å²) in [6.07, 6.45) is 6.72. The first-order chi connectivity index (χ1) is 8.09. The van der Waals surface area contributed by atoms with Crippen molar-refractivity contribution in [3.05, 3.63) is 18.0 Å². The number of aromatic nitrogens is 2. The lowest BCUT2D eigenvalue weighted by atomic mass is 9.56. The van der Waals surface area contributed by atoms with Gasteiger partial charge in [0, 0.05) is 18.8 Å². The minimum atomic E-state index is 0.358. The average Bonchev–Trinajstić information content (AvgIpc) is 2.76. The quantitative estimate of drug-likeness (QED) is 0.850. The van der Waals surface area contributed by atoms with Crippen molar-refractivity contribution in [2.75, 3.05) is 6.54 Å². The molecule has 0 aromatic carbocycles. The molecule has 0 aliphatic heterocycles. The number of hydrogen-bond donors (Lipinski definition) is 1. The Balaban J connectivity index is 2.00. The van der Waals surface area contributed by atoms with Crippen LogP contribution in [-0.4, -0.2) is 22.4 Å². The van der Waals surface area contributed by atoms with Crippen LogP contribution in [0, 0.1) is 5.41 Å². The summed E-state index contributed by atoms with van der Waals surface area (Å²) in [6, 6.07) is 0.664. The molecule has 1 saturated carbocycles. The second-order valence-electron chi connectivity index (χ2n) is 5.75. The minimum Gasteiger partial charge on any atom is -0.313 e. The van der Waals surface area contributed by atoms with Gasteiger partial charge in [-0.2, -0.15) is 5.10 Å². The number of rotatable bonds is 5. The van der Waals surface area contributed by atoms with Crippen LogP contribution in [0.1, 0.15) is 52.0 Å². The highest BCUT2D eigenvalue weighted by atomic mass is 15.3. The maximum atomic E-state index is 4.39. The van der Waals surface area contributed by atoms with Crippen molar-refractivity contribution in [1.82, 2.24) is 15.1 Å². The molecule has 1 aliphatic rings. The number of aryl methyl sites for hydroxylation is 1. The van der Waals surface area contributed by atoms with Crippen LogP contribution < -0.4 is 5.32 Å². The Morgan fingerprint density at radius 3 is 2.76 bits per heavy atom. The standard InChI is InChI=1S/C14H25N3/c1-5-7-15-13-8-12(14(13,3)4)11-9-16-17(6-2)10-11/h9-10,12-13,15H,5-8H2,1-4H3. The highest BCUT2D eigenvalue weighted by molar-refractivity contribution is 5.23. The molecule has 17 heavy (non-hydrogen) atoms. The summed E-state index contributed by atoms with van der Waals surface area (Å²) in [7, 11) is 0. The maximum Gasteiger partial charge on any atom is 0.0524 e. The van der Waals surface area contributed by atoms with Gasteiger partial charge in [-0.25, -0.2) is 0 Å². The molecule has 0 radical (unpaired) electrons. The van der Waals surface area contributed by atoms with Crippen molar-refractivity contribution in [3.63, 3.8) is 0 Å². The molecule has 0 bridgehead atoms. The lowest BCUT2D eigenvalue weighted by molar-refractivity contribution is 0.0694. The average molecular weight is 235 g/mol. The Kier molecular flexibility index (Phi) is 3.57. The summed E-state index contributed by atoms with van der Waals surface area (Å²) in [4.78, 5) is 0. The molecule has 3 nitrogen and oxygen atoms in total. The van der Waals surface area contributed by atoms with Gasteiger partial charge >= 0.3 is 0 Å². The monoisotopic (exact) mass is 235 g/mol. The molecular weight excluding hydrogens is 210 g/mol. The third-order valence-electron chi connectivity index (χ3n) is 4.29.